The van der Waals surface area contributed by atoms with E-state index >= 15 is 0 Å². The molecule has 136 valence electrons. The minimum Gasteiger partial charge on any atom is -0.497 e. The van der Waals surface area contributed by atoms with Crippen LogP contribution in [0.1, 0.15) is 18.4 Å². The Kier molecular flexibility index (Phi) is 4.42. The Bertz CT molecular complexity index is 1090. The lowest BCUT2D eigenvalue weighted by atomic mass is 10.1. The number of benzene rings is 1. The molecule has 27 heavy (non-hydrogen) atoms. The molecule has 0 atom stereocenters. The molecule has 0 saturated heterocycles. The van der Waals surface area contributed by atoms with Gasteiger partial charge in [-0.05, 0) is 43.3 Å². The first-order valence-electron chi connectivity index (χ1n) is 8.68. The third-order valence-electron chi connectivity index (χ3n) is 4.24. The van der Waals surface area contributed by atoms with E-state index in [1.165, 1.54) is 0 Å². The van der Waals surface area contributed by atoms with Crippen molar-refractivity contribution in [2.75, 3.05) is 12.4 Å². The van der Waals surface area contributed by atoms with E-state index in [1.54, 1.807) is 13.3 Å². The highest BCUT2D eigenvalue weighted by Crippen LogP contribution is 2.35. The maximum absolute atomic E-state index is 5.45. The fourth-order valence-electron chi connectivity index (χ4n) is 2.79. The number of hydrogen-bond donors (Lipinski definition) is 1. The number of nitrogens with one attached hydrogen (secondary N) is 1. The number of ether oxygens (including phenoxy) is 1. The molecular formula is C20H19N5O2. The minimum absolute atomic E-state index is 0.429. The maximum Gasteiger partial charge on any atom is 0.261 e. The van der Waals surface area contributed by atoms with E-state index in [1.807, 2.05) is 50.2 Å². The van der Waals surface area contributed by atoms with Crippen LogP contribution in [0.15, 0.2) is 47.1 Å². The van der Waals surface area contributed by atoms with E-state index in [4.69, 9.17) is 9.26 Å². The molecule has 0 fully saturated rings. The molecule has 1 N–H and O–H groups in total. The van der Waals surface area contributed by atoms with Crippen LogP contribution in [0, 0.1) is 6.92 Å². The first-order chi connectivity index (χ1) is 13.2. The molecule has 3 heterocycles. The summed E-state index contributed by atoms with van der Waals surface area (Å²) in [6.07, 6.45) is 2.42. The van der Waals surface area contributed by atoms with Crippen LogP contribution in [-0.2, 0) is 6.42 Å². The van der Waals surface area contributed by atoms with Crippen LogP contribution in [0.5, 0.6) is 5.75 Å². The van der Waals surface area contributed by atoms with E-state index in [0.29, 0.717) is 23.8 Å². The largest absolute Gasteiger partial charge is 0.497 e. The Morgan fingerprint density at radius 1 is 1.07 bits per heavy atom. The zero-order chi connectivity index (χ0) is 18.8. The Morgan fingerprint density at radius 3 is 2.59 bits per heavy atom. The number of aryl methyl sites for hydroxylation is 2. The minimum atomic E-state index is 0.429. The van der Waals surface area contributed by atoms with Crippen LogP contribution in [0.4, 0.5) is 11.4 Å². The van der Waals surface area contributed by atoms with E-state index in [-0.39, 0.29) is 0 Å². The van der Waals surface area contributed by atoms with E-state index in [2.05, 4.69) is 25.4 Å². The summed E-state index contributed by atoms with van der Waals surface area (Å²) in [6.45, 7) is 3.92. The van der Waals surface area contributed by atoms with Crippen LogP contribution < -0.4 is 10.1 Å². The Hall–Kier alpha value is -3.48. The maximum atomic E-state index is 5.45. The summed E-state index contributed by atoms with van der Waals surface area (Å²) >= 11 is 0. The van der Waals surface area contributed by atoms with E-state index < -0.39 is 0 Å². The lowest BCUT2D eigenvalue weighted by Gasteiger charge is -2.13. The molecule has 3 aromatic heterocycles. The summed E-state index contributed by atoms with van der Waals surface area (Å²) in [7, 11) is 1.64. The molecule has 4 aromatic rings. The number of anilines is 2. The van der Waals surface area contributed by atoms with Gasteiger partial charge in [0.1, 0.15) is 5.75 Å². The second-order valence-corrected chi connectivity index (χ2v) is 6.09. The van der Waals surface area contributed by atoms with Gasteiger partial charge in [0.15, 0.2) is 11.5 Å². The molecule has 7 nitrogen and oxygen atoms in total. The normalized spacial score (nSPS) is 10.9. The Balaban J connectivity index is 1.86. The summed E-state index contributed by atoms with van der Waals surface area (Å²) in [5.41, 5.74) is 4.02. The van der Waals surface area contributed by atoms with Gasteiger partial charge in [-0.2, -0.15) is 4.98 Å². The number of fused-ring (bicyclic) bond motifs is 1. The quantitative estimate of drug-likeness (QED) is 0.567. The van der Waals surface area contributed by atoms with Crippen LogP contribution in [0.2, 0.25) is 0 Å². The first kappa shape index (κ1) is 17.0. The van der Waals surface area contributed by atoms with Crippen molar-refractivity contribution in [1.29, 1.82) is 0 Å². The zero-order valence-electron chi connectivity index (χ0n) is 15.4. The third kappa shape index (κ3) is 3.31. The fraction of sp³-hybridized carbons (Fsp3) is 0.200. The molecule has 0 amide bonds. The van der Waals surface area contributed by atoms with Crippen LogP contribution in [-0.4, -0.2) is 27.2 Å². The zero-order valence-corrected chi connectivity index (χ0v) is 15.4. The number of methoxy groups -OCH3 is 1. The second-order valence-electron chi connectivity index (χ2n) is 6.09. The van der Waals surface area contributed by atoms with Crippen LogP contribution in [0.25, 0.3) is 22.5 Å². The van der Waals surface area contributed by atoms with Crippen molar-refractivity contribution in [2.45, 2.75) is 20.3 Å². The molecule has 0 unspecified atom stereocenters. The number of pyridine rings is 2. The highest BCUT2D eigenvalue weighted by molar-refractivity contribution is 5.98. The molecule has 0 radical (unpaired) electrons. The van der Waals surface area contributed by atoms with Gasteiger partial charge in [-0.1, -0.05) is 12.1 Å². The molecule has 0 aliphatic carbocycles. The van der Waals surface area contributed by atoms with Gasteiger partial charge in [0.2, 0.25) is 0 Å². The number of nitrogens with zero attached hydrogens (tertiary/aromatic N) is 4. The van der Waals surface area contributed by atoms with Gasteiger partial charge in [-0.25, -0.2) is 9.97 Å². The van der Waals surface area contributed by atoms with Crippen molar-refractivity contribution in [3.63, 3.8) is 0 Å². The van der Waals surface area contributed by atoms with Crippen molar-refractivity contribution in [3.8, 4) is 17.2 Å². The van der Waals surface area contributed by atoms with Crippen molar-refractivity contribution in [1.82, 2.24) is 20.1 Å². The van der Waals surface area contributed by atoms with Gasteiger partial charge in [-0.15, -0.1) is 0 Å². The fourth-order valence-corrected chi connectivity index (χ4v) is 2.79. The monoisotopic (exact) mass is 361 g/mol. The van der Waals surface area contributed by atoms with Gasteiger partial charge >= 0.3 is 0 Å². The SMILES string of the molecule is CCc1noc(-c2cnc3nc(C)ccc3c2Nc2ccc(OC)cc2)n1. The van der Waals surface area contributed by atoms with Gasteiger partial charge < -0.3 is 14.6 Å². The van der Waals surface area contributed by atoms with Crippen molar-refractivity contribution < 1.29 is 9.26 Å². The summed E-state index contributed by atoms with van der Waals surface area (Å²) in [5.74, 6) is 1.88. The number of hydrogen-bond acceptors (Lipinski definition) is 7. The van der Waals surface area contributed by atoms with Gasteiger partial charge in [0.25, 0.3) is 5.89 Å². The molecule has 0 aliphatic heterocycles. The number of aromatic nitrogens is 4. The average Bonchev–Trinajstić information content (AvgIpc) is 3.17. The predicted octanol–water partition coefficient (Wildman–Crippen LogP) is 4.30. The Labute approximate surface area is 156 Å². The van der Waals surface area contributed by atoms with Crippen molar-refractivity contribution >= 4 is 22.4 Å². The van der Waals surface area contributed by atoms with Gasteiger partial charge in [0.05, 0.1) is 18.4 Å². The van der Waals surface area contributed by atoms with Gasteiger partial charge in [0, 0.05) is 29.4 Å². The smallest absolute Gasteiger partial charge is 0.261 e. The molecular weight excluding hydrogens is 342 g/mol. The topological polar surface area (TPSA) is 86.0 Å². The predicted molar refractivity (Wildman–Crippen MR) is 103 cm³/mol. The molecule has 0 bridgehead atoms. The summed E-state index contributed by atoms with van der Waals surface area (Å²) in [5, 5.41) is 8.33. The van der Waals surface area contributed by atoms with Crippen LogP contribution in [0.3, 0.4) is 0 Å². The molecule has 0 spiro atoms. The summed E-state index contributed by atoms with van der Waals surface area (Å²) in [4.78, 5) is 13.5. The third-order valence-corrected chi connectivity index (χ3v) is 4.24. The second kappa shape index (κ2) is 7.03. The first-order valence-corrected chi connectivity index (χ1v) is 8.68. The molecule has 1 aromatic carbocycles. The standard InChI is InChI=1S/C20H19N5O2/c1-4-17-24-20(27-25-17)16-11-21-19-15(10-5-12(2)22-19)18(16)23-13-6-8-14(26-3)9-7-13/h5-11H,4H2,1-3H3,(H,21,22,23). The lowest BCUT2D eigenvalue weighted by molar-refractivity contribution is 0.415. The summed E-state index contributed by atoms with van der Waals surface area (Å²) in [6, 6.07) is 11.6. The highest BCUT2D eigenvalue weighted by Gasteiger charge is 2.17. The molecule has 7 heteroatoms. The van der Waals surface area contributed by atoms with Crippen LogP contribution >= 0.6 is 0 Å². The van der Waals surface area contributed by atoms with E-state index in [0.717, 1.165) is 33.8 Å². The number of rotatable bonds is 5. The average molecular weight is 361 g/mol. The lowest BCUT2D eigenvalue weighted by Crippen LogP contribution is -1.98. The summed E-state index contributed by atoms with van der Waals surface area (Å²) < 4.78 is 10.7. The highest BCUT2D eigenvalue weighted by atomic mass is 16.5. The van der Waals surface area contributed by atoms with Gasteiger partial charge in [-0.3, -0.25) is 0 Å². The van der Waals surface area contributed by atoms with Crippen molar-refractivity contribution in [3.05, 3.63) is 54.1 Å². The molecule has 0 saturated carbocycles. The molecule has 0 aliphatic rings. The van der Waals surface area contributed by atoms with E-state index in [9.17, 15) is 0 Å². The molecule has 4 rings (SSSR count). The Morgan fingerprint density at radius 2 is 1.89 bits per heavy atom. The van der Waals surface area contributed by atoms with Crippen molar-refractivity contribution in [2.24, 2.45) is 0 Å².